The number of benzene rings is 1. The largest absolute Gasteiger partial charge is 0.313 e. The molecule has 3 N–H and O–H groups in total. The van der Waals surface area contributed by atoms with Gasteiger partial charge in [0.05, 0.1) is 4.90 Å². The Morgan fingerprint density at radius 1 is 1.11 bits per heavy atom. The first kappa shape index (κ1) is 15.1. The number of hydrogen-bond acceptors (Lipinski definition) is 3. The Morgan fingerprint density at radius 3 is 2.33 bits per heavy atom. The molecule has 0 saturated heterocycles. The Morgan fingerprint density at radius 2 is 1.78 bits per heavy atom. The van der Waals surface area contributed by atoms with Crippen molar-refractivity contribution in [1.82, 2.24) is 5.32 Å². The highest BCUT2D eigenvalue weighted by Gasteiger charge is 2.06. The lowest BCUT2D eigenvalue weighted by atomic mass is 10.2. The molecule has 0 amide bonds. The van der Waals surface area contributed by atoms with Crippen LogP contribution in [-0.2, 0) is 16.6 Å². The van der Waals surface area contributed by atoms with Crippen LogP contribution >= 0.6 is 0 Å². The molecule has 0 fully saturated rings. The Hall–Kier alpha value is -0.910. The van der Waals surface area contributed by atoms with Gasteiger partial charge in [-0.2, -0.15) is 0 Å². The zero-order valence-electron chi connectivity index (χ0n) is 10.9. The molecule has 0 unspecified atom stereocenters. The minimum atomic E-state index is -3.58. The molecule has 1 rings (SSSR count). The van der Waals surface area contributed by atoms with E-state index in [1.54, 1.807) is 24.3 Å². The van der Waals surface area contributed by atoms with E-state index in [0.29, 0.717) is 0 Å². The number of hydrogen-bond donors (Lipinski definition) is 2. The first-order valence-electron chi connectivity index (χ1n) is 6.36. The fraction of sp³-hybridized carbons (Fsp3) is 0.538. The second-order valence-corrected chi connectivity index (χ2v) is 5.99. The van der Waals surface area contributed by atoms with E-state index < -0.39 is 10.0 Å². The second kappa shape index (κ2) is 7.51. The summed E-state index contributed by atoms with van der Waals surface area (Å²) in [6.45, 7) is 3.95. The molecule has 0 bridgehead atoms. The number of nitrogens with one attached hydrogen (secondary N) is 1. The number of sulfonamides is 1. The van der Waals surface area contributed by atoms with E-state index in [2.05, 4.69) is 12.2 Å². The van der Waals surface area contributed by atoms with E-state index in [4.69, 9.17) is 5.14 Å². The predicted molar refractivity (Wildman–Crippen MR) is 73.7 cm³/mol. The van der Waals surface area contributed by atoms with Gasteiger partial charge in [0.2, 0.25) is 10.0 Å². The third-order valence-corrected chi connectivity index (χ3v) is 3.72. The van der Waals surface area contributed by atoms with Crippen LogP contribution in [0.4, 0.5) is 0 Å². The molecule has 0 atom stereocenters. The monoisotopic (exact) mass is 270 g/mol. The van der Waals surface area contributed by atoms with Gasteiger partial charge in [0.1, 0.15) is 0 Å². The van der Waals surface area contributed by atoms with Gasteiger partial charge >= 0.3 is 0 Å². The summed E-state index contributed by atoms with van der Waals surface area (Å²) in [5.41, 5.74) is 1.07. The Labute approximate surface area is 110 Å². The molecule has 102 valence electrons. The van der Waals surface area contributed by atoms with Crippen LogP contribution in [0, 0.1) is 0 Å². The zero-order valence-corrected chi connectivity index (χ0v) is 11.7. The predicted octanol–water partition coefficient (Wildman–Crippen LogP) is 2.00. The van der Waals surface area contributed by atoms with E-state index in [1.165, 1.54) is 25.7 Å². The molecule has 18 heavy (non-hydrogen) atoms. The van der Waals surface area contributed by atoms with Gasteiger partial charge in [-0.15, -0.1) is 0 Å². The van der Waals surface area contributed by atoms with Gasteiger partial charge in [0.25, 0.3) is 0 Å². The Kier molecular flexibility index (Phi) is 6.32. The lowest BCUT2D eigenvalue weighted by Gasteiger charge is -2.05. The quantitative estimate of drug-likeness (QED) is 0.710. The smallest absolute Gasteiger partial charge is 0.238 e. The molecule has 0 heterocycles. The van der Waals surface area contributed by atoms with Gasteiger partial charge in [0.15, 0.2) is 0 Å². The van der Waals surface area contributed by atoms with Crippen LogP contribution in [0.5, 0.6) is 0 Å². The third-order valence-electron chi connectivity index (χ3n) is 2.79. The van der Waals surface area contributed by atoms with Crippen molar-refractivity contribution >= 4 is 10.0 Å². The first-order valence-corrected chi connectivity index (χ1v) is 7.91. The van der Waals surface area contributed by atoms with Crippen molar-refractivity contribution in [1.29, 1.82) is 0 Å². The summed E-state index contributed by atoms with van der Waals surface area (Å²) in [7, 11) is -3.58. The highest BCUT2D eigenvalue weighted by atomic mass is 32.2. The highest BCUT2D eigenvalue weighted by Crippen LogP contribution is 2.08. The number of primary sulfonamides is 1. The highest BCUT2D eigenvalue weighted by molar-refractivity contribution is 7.89. The molecule has 4 nitrogen and oxygen atoms in total. The maximum Gasteiger partial charge on any atom is 0.238 e. The molecule has 0 radical (unpaired) electrons. The molecule has 1 aromatic carbocycles. The van der Waals surface area contributed by atoms with Crippen molar-refractivity contribution in [3.05, 3.63) is 29.8 Å². The Balaban J connectivity index is 2.32. The van der Waals surface area contributed by atoms with Crippen molar-refractivity contribution in [3.63, 3.8) is 0 Å². The molecule has 0 spiro atoms. The topological polar surface area (TPSA) is 72.2 Å². The fourth-order valence-corrected chi connectivity index (χ4v) is 2.22. The van der Waals surface area contributed by atoms with Crippen LogP contribution < -0.4 is 10.5 Å². The molecule has 5 heteroatoms. The van der Waals surface area contributed by atoms with Crippen molar-refractivity contribution in [2.75, 3.05) is 6.54 Å². The normalized spacial score (nSPS) is 11.7. The summed E-state index contributed by atoms with van der Waals surface area (Å²) in [4.78, 5) is 0.161. The number of nitrogens with two attached hydrogens (primary N) is 1. The minimum absolute atomic E-state index is 0.161. The van der Waals surface area contributed by atoms with Gasteiger partial charge in [-0.25, -0.2) is 13.6 Å². The van der Waals surface area contributed by atoms with Crippen LogP contribution in [0.25, 0.3) is 0 Å². The summed E-state index contributed by atoms with van der Waals surface area (Å²) in [5.74, 6) is 0. The average molecular weight is 270 g/mol. The van der Waals surface area contributed by atoms with Crippen LogP contribution in [0.15, 0.2) is 29.2 Å². The van der Waals surface area contributed by atoms with Crippen LogP contribution in [0.3, 0.4) is 0 Å². The van der Waals surface area contributed by atoms with E-state index in [1.807, 2.05) is 0 Å². The van der Waals surface area contributed by atoms with Crippen LogP contribution in [0.2, 0.25) is 0 Å². The van der Waals surface area contributed by atoms with Gasteiger partial charge in [-0.1, -0.05) is 38.3 Å². The summed E-state index contributed by atoms with van der Waals surface area (Å²) in [6.07, 6.45) is 4.97. The third kappa shape index (κ3) is 5.62. The molecule has 1 aromatic rings. The molecule has 0 aliphatic rings. The minimum Gasteiger partial charge on any atom is -0.313 e. The standard InChI is InChI=1S/C13H22N2O2S/c1-2-3-4-5-10-15-11-12-6-8-13(9-7-12)18(14,16)17/h6-9,15H,2-5,10-11H2,1H3,(H2,14,16,17). The van der Waals surface area contributed by atoms with E-state index in [-0.39, 0.29) is 4.90 Å². The van der Waals surface area contributed by atoms with E-state index >= 15 is 0 Å². The molecule has 0 saturated carbocycles. The summed E-state index contributed by atoms with van der Waals surface area (Å²) >= 11 is 0. The van der Waals surface area contributed by atoms with E-state index in [9.17, 15) is 8.42 Å². The van der Waals surface area contributed by atoms with Gasteiger partial charge < -0.3 is 5.32 Å². The van der Waals surface area contributed by atoms with Gasteiger partial charge in [-0.05, 0) is 30.7 Å². The molecular weight excluding hydrogens is 248 g/mol. The van der Waals surface area contributed by atoms with Gasteiger partial charge in [-0.3, -0.25) is 0 Å². The lowest BCUT2D eigenvalue weighted by molar-refractivity contribution is 0.595. The SMILES string of the molecule is CCCCCCNCc1ccc(S(N)(=O)=O)cc1. The second-order valence-electron chi connectivity index (χ2n) is 4.43. The summed E-state index contributed by atoms with van der Waals surface area (Å²) in [5, 5.41) is 8.37. The lowest BCUT2D eigenvalue weighted by Crippen LogP contribution is -2.15. The average Bonchev–Trinajstić information content (AvgIpc) is 2.33. The molecular formula is C13H22N2O2S. The van der Waals surface area contributed by atoms with Crippen LogP contribution in [0.1, 0.15) is 38.2 Å². The number of rotatable bonds is 8. The summed E-state index contributed by atoms with van der Waals surface area (Å²) < 4.78 is 22.1. The van der Waals surface area contributed by atoms with Crippen molar-refractivity contribution < 1.29 is 8.42 Å². The van der Waals surface area contributed by atoms with Crippen molar-refractivity contribution in [2.45, 2.75) is 44.0 Å². The zero-order chi connectivity index (χ0) is 13.4. The first-order chi connectivity index (χ1) is 8.54. The molecule has 0 aliphatic carbocycles. The van der Waals surface area contributed by atoms with Crippen molar-refractivity contribution in [3.8, 4) is 0 Å². The van der Waals surface area contributed by atoms with E-state index in [0.717, 1.165) is 18.7 Å². The molecule has 0 aromatic heterocycles. The summed E-state index contributed by atoms with van der Waals surface area (Å²) in [6, 6.07) is 6.67. The maximum atomic E-state index is 11.1. The molecule has 0 aliphatic heterocycles. The Bertz CT molecular complexity index is 441. The number of unbranched alkanes of at least 4 members (excludes halogenated alkanes) is 3. The van der Waals surface area contributed by atoms with Gasteiger partial charge in [0, 0.05) is 6.54 Å². The van der Waals surface area contributed by atoms with Crippen molar-refractivity contribution in [2.24, 2.45) is 5.14 Å². The maximum absolute atomic E-state index is 11.1. The van der Waals surface area contributed by atoms with Crippen LogP contribution in [-0.4, -0.2) is 15.0 Å². The fourth-order valence-electron chi connectivity index (χ4n) is 1.71.